The number of fused-ring (bicyclic) bond motifs is 3. The molecule has 0 aliphatic carbocycles. The summed E-state index contributed by atoms with van der Waals surface area (Å²) in [4.78, 5) is 26.0. The van der Waals surface area contributed by atoms with E-state index < -0.39 is 0 Å². The van der Waals surface area contributed by atoms with E-state index in [1.807, 2.05) is 71.1 Å². The number of nitrogens with one attached hydrogen (secondary N) is 1. The first-order valence-electron chi connectivity index (χ1n) is 12.0. The van der Waals surface area contributed by atoms with Gasteiger partial charge in [0.1, 0.15) is 0 Å². The molecular formula is C28H27N5O2S. The number of benzene rings is 3. The summed E-state index contributed by atoms with van der Waals surface area (Å²) in [6.45, 7) is 4.82. The van der Waals surface area contributed by atoms with E-state index in [0.29, 0.717) is 34.3 Å². The standard InChI is InChI=1S/C28H27N5O2S/c1-3-19(2)21-13-15-22(16-14-21)32-26(35)23-11-7-8-12-24(23)33-27(32)30-31-28(33)36-18-25(34)29-17-20-9-5-4-6-10-20/h4-16,19H,3,17-18H2,1-2H3,(H,29,34)/t19-/m0/s1. The smallest absolute Gasteiger partial charge is 0.267 e. The van der Waals surface area contributed by atoms with Crippen molar-refractivity contribution in [2.45, 2.75) is 37.9 Å². The monoisotopic (exact) mass is 497 g/mol. The van der Waals surface area contributed by atoms with E-state index in [-0.39, 0.29) is 17.2 Å². The van der Waals surface area contributed by atoms with E-state index >= 15 is 0 Å². The molecule has 1 amide bonds. The third-order valence-electron chi connectivity index (χ3n) is 6.39. The van der Waals surface area contributed by atoms with E-state index in [0.717, 1.165) is 17.7 Å². The molecule has 0 aliphatic rings. The Morgan fingerprint density at radius 2 is 1.69 bits per heavy atom. The van der Waals surface area contributed by atoms with Crippen molar-refractivity contribution < 1.29 is 4.79 Å². The molecule has 1 atom stereocenters. The van der Waals surface area contributed by atoms with E-state index in [4.69, 9.17) is 0 Å². The molecular weight excluding hydrogens is 470 g/mol. The van der Waals surface area contributed by atoms with Gasteiger partial charge in [0.05, 0.1) is 22.3 Å². The third-order valence-corrected chi connectivity index (χ3v) is 7.32. The van der Waals surface area contributed by atoms with E-state index in [2.05, 4.69) is 41.5 Å². The Hall–Kier alpha value is -3.91. The highest BCUT2D eigenvalue weighted by Gasteiger charge is 2.19. The molecule has 2 heterocycles. The van der Waals surface area contributed by atoms with Crippen LogP contribution in [0.1, 0.15) is 37.3 Å². The van der Waals surface area contributed by atoms with E-state index in [9.17, 15) is 9.59 Å². The molecule has 1 N–H and O–H groups in total. The molecule has 0 saturated heterocycles. The molecule has 182 valence electrons. The molecule has 7 nitrogen and oxygen atoms in total. The predicted molar refractivity (Wildman–Crippen MR) is 144 cm³/mol. The highest BCUT2D eigenvalue weighted by Crippen LogP contribution is 2.24. The number of hydrogen-bond donors (Lipinski definition) is 1. The summed E-state index contributed by atoms with van der Waals surface area (Å²) in [5.74, 6) is 0.947. The molecule has 36 heavy (non-hydrogen) atoms. The Labute approximate surface area is 213 Å². The lowest BCUT2D eigenvalue weighted by Gasteiger charge is -2.13. The molecule has 2 aromatic heterocycles. The summed E-state index contributed by atoms with van der Waals surface area (Å²) < 4.78 is 3.45. The van der Waals surface area contributed by atoms with Gasteiger partial charge in [-0.2, -0.15) is 0 Å². The van der Waals surface area contributed by atoms with E-state index in [1.54, 1.807) is 4.57 Å². The molecule has 5 aromatic rings. The van der Waals surface area contributed by atoms with Crippen LogP contribution in [0.3, 0.4) is 0 Å². The zero-order chi connectivity index (χ0) is 25.1. The lowest BCUT2D eigenvalue weighted by Crippen LogP contribution is -2.24. The fourth-order valence-electron chi connectivity index (χ4n) is 4.17. The van der Waals surface area contributed by atoms with Gasteiger partial charge < -0.3 is 5.32 Å². The van der Waals surface area contributed by atoms with Crippen LogP contribution >= 0.6 is 11.8 Å². The van der Waals surface area contributed by atoms with Crippen molar-refractivity contribution >= 4 is 34.3 Å². The van der Waals surface area contributed by atoms with Crippen molar-refractivity contribution in [2.75, 3.05) is 5.75 Å². The Morgan fingerprint density at radius 3 is 2.44 bits per heavy atom. The van der Waals surface area contributed by atoms with Gasteiger partial charge in [-0.15, -0.1) is 10.2 Å². The molecule has 0 radical (unpaired) electrons. The number of hydrogen-bond acceptors (Lipinski definition) is 5. The van der Waals surface area contributed by atoms with Gasteiger partial charge in [-0.25, -0.2) is 4.57 Å². The van der Waals surface area contributed by atoms with Crippen molar-refractivity contribution in [2.24, 2.45) is 0 Å². The molecule has 0 unspecified atom stereocenters. The summed E-state index contributed by atoms with van der Waals surface area (Å²) in [5.41, 5.74) is 3.55. The number of para-hydroxylation sites is 1. The number of thioether (sulfide) groups is 1. The van der Waals surface area contributed by atoms with Crippen LogP contribution in [0.5, 0.6) is 0 Å². The second-order valence-corrected chi connectivity index (χ2v) is 9.67. The first-order valence-corrected chi connectivity index (χ1v) is 13.0. The summed E-state index contributed by atoms with van der Waals surface area (Å²) in [5, 5.41) is 12.8. The van der Waals surface area contributed by atoms with Gasteiger partial charge in [0, 0.05) is 6.54 Å². The second-order valence-electron chi connectivity index (χ2n) is 8.73. The molecule has 0 fully saturated rings. The number of amides is 1. The molecule has 0 saturated carbocycles. The molecule has 3 aromatic carbocycles. The van der Waals surface area contributed by atoms with Crippen molar-refractivity contribution in [3.63, 3.8) is 0 Å². The van der Waals surface area contributed by atoms with Gasteiger partial charge in [0.15, 0.2) is 5.16 Å². The summed E-state index contributed by atoms with van der Waals surface area (Å²) in [6.07, 6.45) is 1.04. The highest BCUT2D eigenvalue weighted by molar-refractivity contribution is 7.99. The van der Waals surface area contributed by atoms with Crippen molar-refractivity contribution in [1.82, 2.24) is 24.5 Å². The zero-order valence-corrected chi connectivity index (χ0v) is 21.0. The lowest BCUT2D eigenvalue weighted by molar-refractivity contribution is -0.118. The number of aromatic nitrogens is 4. The maximum absolute atomic E-state index is 13.5. The summed E-state index contributed by atoms with van der Waals surface area (Å²) in [7, 11) is 0. The fourth-order valence-corrected chi connectivity index (χ4v) is 4.94. The third kappa shape index (κ3) is 4.64. The van der Waals surface area contributed by atoms with Gasteiger partial charge in [-0.05, 0) is 47.7 Å². The minimum Gasteiger partial charge on any atom is -0.351 e. The summed E-state index contributed by atoms with van der Waals surface area (Å²) >= 11 is 1.30. The number of carbonyl (C=O) groups is 1. The Bertz CT molecular complexity index is 1580. The SMILES string of the molecule is CC[C@H](C)c1ccc(-n2c(=O)c3ccccc3n3c(SCC(=O)NCc4ccccc4)nnc23)cc1. The van der Waals surface area contributed by atoms with Crippen LogP contribution in [-0.2, 0) is 11.3 Å². The fraction of sp³-hybridized carbons (Fsp3) is 0.214. The zero-order valence-electron chi connectivity index (χ0n) is 20.2. The van der Waals surface area contributed by atoms with Gasteiger partial charge in [0.2, 0.25) is 11.7 Å². The van der Waals surface area contributed by atoms with Crippen molar-refractivity contribution in [1.29, 1.82) is 0 Å². The average Bonchev–Trinajstić information content (AvgIpc) is 3.35. The van der Waals surface area contributed by atoms with Gasteiger partial charge in [-0.3, -0.25) is 14.0 Å². The van der Waals surface area contributed by atoms with Crippen molar-refractivity contribution in [3.05, 3.63) is 100 Å². The van der Waals surface area contributed by atoms with Crippen LogP contribution in [0, 0.1) is 0 Å². The Kier molecular flexibility index (Phi) is 6.86. The van der Waals surface area contributed by atoms with Crippen LogP contribution in [0.25, 0.3) is 22.4 Å². The van der Waals surface area contributed by atoms with Crippen LogP contribution in [0.4, 0.5) is 0 Å². The number of rotatable bonds is 8. The first kappa shape index (κ1) is 23.8. The Morgan fingerprint density at radius 1 is 0.972 bits per heavy atom. The number of carbonyl (C=O) groups excluding carboxylic acids is 1. The molecule has 0 spiro atoms. The van der Waals surface area contributed by atoms with Crippen LogP contribution < -0.4 is 10.9 Å². The minimum absolute atomic E-state index is 0.0983. The lowest BCUT2D eigenvalue weighted by atomic mass is 9.98. The molecule has 8 heteroatoms. The first-order chi connectivity index (χ1) is 17.6. The topological polar surface area (TPSA) is 81.3 Å². The van der Waals surface area contributed by atoms with Crippen molar-refractivity contribution in [3.8, 4) is 5.69 Å². The molecule has 0 aliphatic heterocycles. The van der Waals surface area contributed by atoms with Crippen LogP contribution in [0.2, 0.25) is 0 Å². The van der Waals surface area contributed by atoms with Crippen LogP contribution in [0.15, 0.2) is 88.8 Å². The minimum atomic E-state index is -0.154. The van der Waals surface area contributed by atoms with E-state index in [1.165, 1.54) is 17.3 Å². The quantitative estimate of drug-likeness (QED) is 0.307. The summed E-state index contributed by atoms with van der Waals surface area (Å²) in [6, 6.07) is 25.2. The number of nitrogens with zero attached hydrogens (tertiary/aromatic N) is 4. The molecule has 0 bridgehead atoms. The average molecular weight is 498 g/mol. The van der Waals surface area contributed by atoms with Gasteiger partial charge in [0.25, 0.3) is 5.56 Å². The highest BCUT2D eigenvalue weighted by atomic mass is 32.2. The predicted octanol–water partition coefficient (Wildman–Crippen LogP) is 4.96. The van der Waals surface area contributed by atoms with Crippen LogP contribution in [-0.4, -0.2) is 30.8 Å². The maximum atomic E-state index is 13.5. The second kappa shape index (κ2) is 10.4. The van der Waals surface area contributed by atoms with Gasteiger partial charge in [-0.1, -0.05) is 80.2 Å². The maximum Gasteiger partial charge on any atom is 0.267 e. The van der Waals surface area contributed by atoms with Gasteiger partial charge >= 0.3 is 0 Å². The normalized spacial score (nSPS) is 12.2. The molecule has 5 rings (SSSR count). The largest absolute Gasteiger partial charge is 0.351 e. The Balaban J connectivity index is 1.49.